The molecule has 58 heavy (non-hydrogen) atoms. The van der Waals surface area contributed by atoms with Gasteiger partial charge in [-0.25, -0.2) is 14.8 Å². The van der Waals surface area contributed by atoms with E-state index in [0.29, 0.717) is 42.2 Å². The summed E-state index contributed by atoms with van der Waals surface area (Å²) < 4.78 is 0. The molecule has 17 heteroatoms. The van der Waals surface area contributed by atoms with Crippen LogP contribution in [0.15, 0.2) is 48.7 Å². The maximum atomic E-state index is 13.3. The van der Waals surface area contributed by atoms with Crippen molar-refractivity contribution in [2.24, 2.45) is 5.73 Å². The number of rotatable bonds is 9. The summed E-state index contributed by atoms with van der Waals surface area (Å²) in [7, 11) is 1.83. The number of urea groups is 1. The molecule has 9 rings (SSSR count). The molecule has 5 saturated heterocycles. The van der Waals surface area contributed by atoms with Crippen LogP contribution < -0.4 is 26.2 Å². The molecule has 2 atom stereocenters. The standard InChI is InChI=1S/C41H47N11O6.H2/c1-47-17-18-51(41(47)58)28-3-2-14-49(21-28)33-20-43-35(36(42)54)37(45-33)44-26-6-4-24(5-7-26)25-12-15-48(16-13-25)29-22-50(23-29)27-8-9-30-31(19-27)40(57)52(39(30)56)32-10-11-34(53)46-38(32)55;/h4-9,19-20,25,28-29,32H,2-3,10-18,21-23H2,1H3,(H2,42,54)(H,44,45)(H,46,53,55);1H/t28-,32?;/m1./s1. The third-order valence-corrected chi connectivity index (χ3v) is 12.7. The number of carbonyl (C=O) groups is 6. The molecule has 6 aliphatic heterocycles. The summed E-state index contributed by atoms with van der Waals surface area (Å²) in [5.74, 6) is -1.33. The first-order valence-electron chi connectivity index (χ1n) is 20.2. The van der Waals surface area contributed by atoms with Gasteiger partial charge in [-0.3, -0.25) is 39.1 Å². The van der Waals surface area contributed by atoms with Crippen molar-refractivity contribution in [1.29, 1.82) is 0 Å². The van der Waals surface area contributed by atoms with E-state index in [1.54, 1.807) is 23.2 Å². The number of nitrogens with one attached hydrogen (secondary N) is 2. The van der Waals surface area contributed by atoms with E-state index in [1.165, 1.54) is 5.56 Å². The smallest absolute Gasteiger partial charge is 0.320 e. The number of hydrogen-bond acceptors (Lipinski definition) is 12. The van der Waals surface area contributed by atoms with Gasteiger partial charge in [0.25, 0.3) is 17.7 Å². The number of likely N-dealkylation sites (tertiary alicyclic amines) is 1. The summed E-state index contributed by atoms with van der Waals surface area (Å²) in [4.78, 5) is 96.3. The Labute approximate surface area is 337 Å². The van der Waals surface area contributed by atoms with Crippen LogP contribution in [0, 0.1) is 0 Å². The molecule has 4 N–H and O–H groups in total. The third-order valence-electron chi connectivity index (χ3n) is 12.7. The van der Waals surface area contributed by atoms with Gasteiger partial charge in [-0.2, -0.15) is 0 Å². The number of imide groups is 2. The Bertz CT molecular complexity index is 2190. The van der Waals surface area contributed by atoms with Crippen molar-refractivity contribution >= 4 is 58.6 Å². The second kappa shape index (κ2) is 15.0. The quantitative estimate of drug-likeness (QED) is 0.268. The predicted molar refractivity (Wildman–Crippen MR) is 215 cm³/mol. The first-order chi connectivity index (χ1) is 28.0. The average Bonchev–Trinajstić information content (AvgIpc) is 3.67. The zero-order valence-electron chi connectivity index (χ0n) is 32.4. The van der Waals surface area contributed by atoms with Gasteiger partial charge >= 0.3 is 6.03 Å². The second-order valence-corrected chi connectivity index (χ2v) is 16.2. The normalized spacial score (nSPS) is 23.4. The SMILES string of the molecule is CN1CCN([C@@H]2CCCN(c3cnc(C(N)=O)c(Nc4ccc(C5CCN(C6CN(c7ccc8c(c7)C(=O)N(C7CCC(=O)NC7=O)C8=O)C6)CC5)cc4)n3)C2)C1=O.[HH]. The lowest BCUT2D eigenvalue weighted by molar-refractivity contribution is -0.136. The number of likely N-dealkylation sites (N-methyl/N-ethyl adjacent to an activating group) is 1. The van der Waals surface area contributed by atoms with Crippen LogP contribution in [0.2, 0.25) is 0 Å². The summed E-state index contributed by atoms with van der Waals surface area (Å²) in [6.45, 7) is 6.41. The molecule has 5 fully saturated rings. The van der Waals surface area contributed by atoms with Crippen molar-refractivity contribution in [3.63, 3.8) is 0 Å². The van der Waals surface area contributed by atoms with Gasteiger partial charge in [0.1, 0.15) is 11.9 Å². The van der Waals surface area contributed by atoms with E-state index in [1.807, 2.05) is 30.1 Å². The summed E-state index contributed by atoms with van der Waals surface area (Å²) in [5, 5.41) is 5.52. The third kappa shape index (κ3) is 6.86. The number of fused-ring (bicyclic) bond motifs is 1. The Hall–Kier alpha value is -6.10. The van der Waals surface area contributed by atoms with Crippen LogP contribution >= 0.6 is 0 Å². The largest absolute Gasteiger partial charge is 0.368 e. The monoisotopic (exact) mass is 791 g/mol. The van der Waals surface area contributed by atoms with Crippen molar-refractivity contribution in [3.05, 3.63) is 71.0 Å². The molecule has 1 unspecified atom stereocenters. The number of anilines is 4. The van der Waals surface area contributed by atoms with Gasteiger partial charge in [0.05, 0.1) is 23.4 Å². The molecule has 6 aliphatic rings. The molecular formula is C41H49N11O6. The summed E-state index contributed by atoms with van der Waals surface area (Å²) in [5.41, 5.74) is 9.24. The Balaban J connectivity index is 0.00000484. The number of aromatic nitrogens is 2. The molecule has 0 spiro atoms. The number of hydrogen-bond donors (Lipinski definition) is 3. The van der Waals surface area contributed by atoms with E-state index in [2.05, 4.69) is 42.5 Å². The van der Waals surface area contributed by atoms with E-state index in [4.69, 9.17) is 10.7 Å². The van der Waals surface area contributed by atoms with Crippen molar-refractivity contribution in [1.82, 2.24) is 34.9 Å². The second-order valence-electron chi connectivity index (χ2n) is 16.2. The highest BCUT2D eigenvalue weighted by atomic mass is 16.2. The van der Waals surface area contributed by atoms with E-state index in [9.17, 15) is 28.8 Å². The molecule has 0 aliphatic carbocycles. The number of primary amides is 1. The summed E-state index contributed by atoms with van der Waals surface area (Å²) in [6.07, 6.45) is 5.68. The minimum absolute atomic E-state index is 0. The number of piperidine rings is 3. The number of carbonyl (C=O) groups excluding carboxylic acids is 6. The van der Waals surface area contributed by atoms with Crippen molar-refractivity contribution < 1.29 is 30.2 Å². The molecule has 3 aromatic rings. The van der Waals surface area contributed by atoms with Crippen LogP contribution in [0.25, 0.3) is 0 Å². The van der Waals surface area contributed by atoms with Crippen LogP contribution in [0.5, 0.6) is 0 Å². The number of amides is 7. The molecular weight excluding hydrogens is 743 g/mol. The topological polar surface area (TPSA) is 198 Å². The Morgan fingerprint density at radius 2 is 1.59 bits per heavy atom. The van der Waals surface area contributed by atoms with Crippen molar-refractivity contribution in [2.45, 2.75) is 62.6 Å². The Morgan fingerprint density at radius 3 is 2.29 bits per heavy atom. The van der Waals surface area contributed by atoms with Gasteiger partial charge < -0.3 is 30.7 Å². The highest BCUT2D eigenvalue weighted by Crippen LogP contribution is 2.36. The van der Waals surface area contributed by atoms with Crippen LogP contribution in [-0.2, 0) is 9.59 Å². The molecule has 17 nitrogen and oxygen atoms in total. The first kappa shape index (κ1) is 37.5. The molecule has 304 valence electrons. The van der Waals surface area contributed by atoms with Gasteiger partial charge in [0.15, 0.2) is 11.5 Å². The first-order valence-corrected chi connectivity index (χ1v) is 20.2. The summed E-state index contributed by atoms with van der Waals surface area (Å²) >= 11 is 0. The maximum absolute atomic E-state index is 13.3. The zero-order valence-corrected chi connectivity index (χ0v) is 32.4. The lowest BCUT2D eigenvalue weighted by Gasteiger charge is -2.48. The van der Waals surface area contributed by atoms with Gasteiger partial charge in [0.2, 0.25) is 11.8 Å². The fraction of sp³-hybridized carbons (Fsp3) is 0.463. The van der Waals surface area contributed by atoms with Gasteiger partial charge in [-0.15, -0.1) is 0 Å². The fourth-order valence-electron chi connectivity index (χ4n) is 9.35. The Morgan fingerprint density at radius 1 is 0.845 bits per heavy atom. The molecule has 0 saturated carbocycles. The van der Waals surface area contributed by atoms with Gasteiger partial charge in [0, 0.05) is 71.6 Å². The van der Waals surface area contributed by atoms with E-state index in [0.717, 1.165) is 81.2 Å². The molecule has 0 radical (unpaired) electrons. The van der Waals surface area contributed by atoms with Crippen LogP contribution in [-0.4, -0.2) is 143 Å². The molecule has 1 aromatic heterocycles. The Kier molecular flexibility index (Phi) is 9.70. The minimum Gasteiger partial charge on any atom is -0.368 e. The fourth-order valence-corrected chi connectivity index (χ4v) is 9.35. The minimum atomic E-state index is -0.981. The molecule has 2 aromatic carbocycles. The highest BCUT2D eigenvalue weighted by Gasteiger charge is 2.45. The van der Waals surface area contributed by atoms with Crippen LogP contribution in [0.3, 0.4) is 0 Å². The lowest BCUT2D eigenvalue weighted by Crippen LogP contribution is -2.60. The average molecular weight is 792 g/mol. The van der Waals surface area contributed by atoms with Gasteiger partial charge in [-0.1, -0.05) is 12.1 Å². The van der Waals surface area contributed by atoms with Crippen molar-refractivity contribution in [2.75, 3.05) is 74.5 Å². The number of nitrogens with two attached hydrogens (primary N) is 1. The predicted octanol–water partition coefficient (Wildman–Crippen LogP) is 2.37. The van der Waals surface area contributed by atoms with E-state index in [-0.39, 0.29) is 37.6 Å². The van der Waals surface area contributed by atoms with Crippen LogP contribution in [0.1, 0.15) is 82.6 Å². The maximum Gasteiger partial charge on any atom is 0.320 e. The van der Waals surface area contributed by atoms with E-state index >= 15 is 0 Å². The number of nitrogens with zero attached hydrogens (tertiary/aromatic N) is 8. The number of benzene rings is 2. The molecule has 0 bridgehead atoms. The molecule has 7 amide bonds. The zero-order chi connectivity index (χ0) is 40.2. The molecule has 7 heterocycles. The van der Waals surface area contributed by atoms with Crippen LogP contribution in [0.4, 0.5) is 27.8 Å². The highest BCUT2D eigenvalue weighted by molar-refractivity contribution is 6.23. The van der Waals surface area contributed by atoms with Crippen molar-refractivity contribution in [3.8, 4) is 0 Å². The van der Waals surface area contributed by atoms with Gasteiger partial charge in [-0.05, 0) is 87.0 Å². The lowest BCUT2D eigenvalue weighted by atomic mass is 9.88. The van der Waals surface area contributed by atoms with E-state index < -0.39 is 35.6 Å². The summed E-state index contributed by atoms with van der Waals surface area (Å²) in [6, 6.07) is 13.1.